The average molecular weight is 479 g/mol. The summed E-state index contributed by atoms with van der Waals surface area (Å²) in [6.07, 6.45) is 4.01. The van der Waals surface area contributed by atoms with Crippen LogP contribution in [0.1, 0.15) is 23.7 Å². The van der Waals surface area contributed by atoms with Crippen molar-refractivity contribution in [3.05, 3.63) is 47.8 Å². The Bertz CT molecular complexity index is 1280. The van der Waals surface area contributed by atoms with Crippen LogP contribution in [0.2, 0.25) is 0 Å². The van der Waals surface area contributed by atoms with Crippen molar-refractivity contribution in [2.45, 2.75) is 25.9 Å². The number of benzene rings is 1. The number of fused-ring (bicyclic) bond motifs is 3. The van der Waals surface area contributed by atoms with Gasteiger partial charge in [0.2, 0.25) is 5.62 Å². The van der Waals surface area contributed by atoms with E-state index in [-0.39, 0.29) is 0 Å². The highest BCUT2D eigenvalue weighted by Crippen LogP contribution is 2.37. The van der Waals surface area contributed by atoms with Crippen molar-refractivity contribution in [2.24, 2.45) is 4.99 Å². The van der Waals surface area contributed by atoms with Crippen molar-refractivity contribution < 1.29 is 19.0 Å². The van der Waals surface area contributed by atoms with Gasteiger partial charge in [-0.2, -0.15) is 4.99 Å². The number of amides is 1. The minimum absolute atomic E-state index is 0.322. The van der Waals surface area contributed by atoms with Crippen LogP contribution in [0.3, 0.4) is 0 Å². The minimum Gasteiger partial charge on any atom is -0.491 e. The predicted molar refractivity (Wildman–Crippen MR) is 131 cm³/mol. The van der Waals surface area contributed by atoms with Gasteiger partial charge < -0.3 is 19.5 Å². The summed E-state index contributed by atoms with van der Waals surface area (Å²) < 4.78 is 19.3. The lowest BCUT2D eigenvalue weighted by molar-refractivity contribution is -0.00203. The number of ether oxygens (including phenoxy) is 3. The summed E-state index contributed by atoms with van der Waals surface area (Å²) in [7, 11) is 1.60. The second kappa shape index (κ2) is 10.4. The molecule has 2 aromatic heterocycles. The quantitative estimate of drug-likeness (QED) is 0.515. The Morgan fingerprint density at radius 2 is 2.23 bits per heavy atom. The van der Waals surface area contributed by atoms with Crippen molar-refractivity contribution in [3.8, 4) is 11.5 Å². The molecule has 1 amide bonds. The molecule has 0 saturated carbocycles. The van der Waals surface area contributed by atoms with Crippen LogP contribution in [0.5, 0.6) is 11.5 Å². The monoisotopic (exact) mass is 478 g/mol. The van der Waals surface area contributed by atoms with Gasteiger partial charge >= 0.3 is 0 Å². The van der Waals surface area contributed by atoms with E-state index in [0.717, 1.165) is 50.5 Å². The Morgan fingerprint density at radius 1 is 1.31 bits per heavy atom. The maximum Gasteiger partial charge on any atom is 0.281 e. The van der Waals surface area contributed by atoms with Crippen LogP contribution >= 0.6 is 0 Å². The molecule has 1 N–H and O–H groups in total. The fourth-order valence-electron chi connectivity index (χ4n) is 4.53. The first-order valence-corrected chi connectivity index (χ1v) is 11.9. The Hall–Kier alpha value is -3.50. The summed E-state index contributed by atoms with van der Waals surface area (Å²) >= 11 is 0. The smallest absolute Gasteiger partial charge is 0.281 e. The van der Waals surface area contributed by atoms with Crippen LogP contribution in [-0.2, 0) is 11.3 Å². The summed E-state index contributed by atoms with van der Waals surface area (Å²) in [6.45, 7) is 7.59. The number of rotatable bonds is 7. The molecule has 3 aromatic rings. The van der Waals surface area contributed by atoms with Crippen molar-refractivity contribution in [1.82, 2.24) is 19.4 Å². The highest BCUT2D eigenvalue weighted by atomic mass is 16.5. The topological polar surface area (TPSA) is 103 Å². The van der Waals surface area contributed by atoms with E-state index < -0.39 is 5.91 Å². The summed E-state index contributed by atoms with van der Waals surface area (Å²) in [5.74, 6) is 1.62. The minimum atomic E-state index is -0.393. The number of anilines is 1. The molecule has 1 aromatic carbocycles. The van der Waals surface area contributed by atoms with Gasteiger partial charge in [0.1, 0.15) is 11.3 Å². The summed E-state index contributed by atoms with van der Waals surface area (Å²) in [4.78, 5) is 28.2. The van der Waals surface area contributed by atoms with E-state index in [4.69, 9.17) is 19.2 Å². The Kier molecular flexibility index (Phi) is 6.91. The first-order valence-electron chi connectivity index (χ1n) is 11.9. The maximum absolute atomic E-state index is 12.8. The number of carbonyl (C=O) groups excluding carboxylic acids is 1. The van der Waals surface area contributed by atoms with Crippen LogP contribution in [0.25, 0.3) is 10.9 Å². The first kappa shape index (κ1) is 23.3. The van der Waals surface area contributed by atoms with Gasteiger partial charge in [-0.3, -0.25) is 19.2 Å². The van der Waals surface area contributed by atoms with E-state index in [1.807, 2.05) is 16.7 Å². The van der Waals surface area contributed by atoms with Gasteiger partial charge in [-0.1, -0.05) is 0 Å². The van der Waals surface area contributed by atoms with Crippen LogP contribution in [-0.4, -0.2) is 77.9 Å². The van der Waals surface area contributed by atoms with E-state index >= 15 is 0 Å². The van der Waals surface area contributed by atoms with Crippen molar-refractivity contribution in [2.75, 3.05) is 51.9 Å². The number of hydrogen-bond donors (Lipinski definition) is 1. The average Bonchev–Trinajstić information content (AvgIpc) is 3.38. The van der Waals surface area contributed by atoms with Crippen molar-refractivity contribution in [3.63, 3.8) is 0 Å². The van der Waals surface area contributed by atoms with E-state index in [9.17, 15) is 4.79 Å². The molecule has 35 heavy (non-hydrogen) atoms. The Labute approximate surface area is 203 Å². The third-order valence-corrected chi connectivity index (χ3v) is 6.37. The molecule has 0 spiro atoms. The molecule has 4 heterocycles. The molecule has 2 aliphatic rings. The van der Waals surface area contributed by atoms with Gasteiger partial charge in [-0.15, -0.1) is 0 Å². The molecular formula is C25H30N6O4. The van der Waals surface area contributed by atoms with Gasteiger partial charge in [0.25, 0.3) is 5.91 Å². The first-order chi connectivity index (χ1) is 17.2. The molecule has 1 atom stereocenters. The highest BCUT2D eigenvalue weighted by Gasteiger charge is 2.21. The molecular weight excluding hydrogens is 448 g/mol. The fraction of sp³-hybridized carbons (Fsp3) is 0.440. The molecule has 184 valence electrons. The number of hydrogen-bond acceptors (Lipinski definition) is 8. The summed E-state index contributed by atoms with van der Waals surface area (Å²) in [6, 6.07) is 7.71. The maximum atomic E-state index is 12.8. The number of aromatic nitrogens is 3. The Balaban J connectivity index is 1.43. The number of nitrogens with one attached hydrogen (secondary N) is 1. The zero-order chi connectivity index (χ0) is 24.2. The standard InChI is InChI=1S/C25H30N6O4/c1-17-16-34-14-12-30(17)10-4-13-35-20-7-6-19-21(22(20)33-2)28-25(31-11-9-27-23(19)31)29-24(32)18-5-3-8-26-15-18/h3,5-8,15,17,27H,4,9-14,16H2,1-2H3. The lowest BCUT2D eigenvalue weighted by Gasteiger charge is -2.33. The Morgan fingerprint density at radius 3 is 3.03 bits per heavy atom. The molecule has 2 aliphatic heterocycles. The van der Waals surface area contributed by atoms with Crippen molar-refractivity contribution in [1.29, 1.82) is 0 Å². The van der Waals surface area contributed by atoms with E-state index in [1.54, 1.807) is 25.4 Å². The number of pyridine rings is 1. The highest BCUT2D eigenvalue weighted by molar-refractivity contribution is 5.96. The number of nitrogens with zero attached hydrogens (tertiary/aromatic N) is 5. The number of morpholine rings is 1. The van der Waals surface area contributed by atoms with Gasteiger partial charge in [-0.25, -0.2) is 4.98 Å². The lowest BCUT2D eigenvalue weighted by atomic mass is 10.2. The molecule has 1 fully saturated rings. The molecule has 10 nitrogen and oxygen atoms in total. The van der Waals surface area contributed by atoms with E-state index in [1.165, 1.54) is 6.20 Å². The molecule has 0 radical (unpaired) electrons. The lowest BCUT2D eigenvalue weighted by Crippen LogP contribution is -2.44. The van der Waals surface area contributed by atoms with Crippen LogP contribution in [0, 0.1) is 0 Å². The van der Waals surface area contributed by atoms with Crippen LogP contribution in [0.4, 0.5) is 5.82 Å². The third kappa shape index (κ3) is 4.85. The zero-order valence-corrected chi connectivity index (χ0v) is 20.1. The van der Waals surface area contributed by atoms with Gasteiger partial charge in [-0.05, 0) is 37.6 Å². The second-order valence-electron chi connectivity index (χ2n) is 8.65. The van der Waals surface area contributed by atoms with E-state index in [2.05, 4.69) is 27.1 Å². The third-order valence-electron chi connectivity index (χ3n) is 6.37. The number of methoxy groups -OCH3 is 1. The zero-order valence-electron chi connectivity index (χ0n) is 20.1. The van der Waals surface area contributed by atoms with Crippen molar-refractivity contribution >= 4 is 22.6 Å². The number of carbonyl (C=O) groups is 1. The van der Waals surface area contributed by atoms with E-state index in [0.29, 0.717) is 47.4 Å². The predicted octanol–water partition coefficient (Wildman–Crippen LogP) is 2.10. The molecule has 5 rings (SSSR count). The molecule has 1 unspecified atom stereocenters. The summed E-state index contributed by atoms with van der Waals surface area (Å²) in [5.41, 5.74) is 1.33. The van der Waals surface area contributed by atoms with Crippen LogP contribution < -0.4 is 20.4 Å². The molecule has 10 heteroatoms. The molecule has 1 saturated heterocycles. The largest absolute Gasteiger partial charge is 0.491 e. The molecule has 0 aliphatic carbocycles. The summed E-state index contributed by atoms with van der Waals surface area (Å²) in [5, 5.41) is 4.28. The van der Waals surface area contributed by atoms with Gasteiger partial charge in [0, 0.05) is 50.0 Å². The SMILES string of the molecule is COc1c(OCCCN2CCOCC2C)ccc2c3n(c(=NC(=O)c4cccnc4)nc12)CCN3. The second-order valence-corrected chi connectivity index (χ2v) is 8.65. The van der Waals surface area contributed by atoms with Crippen LogP contribution in [0.15, 0.2) is 41.7 Å². The fourth-order valence-corrected chi connectivity index (χ4v) is 4.53. The normalized spacial score (nSPS) is 18.3. The van der Waals surface area contributed by atoms with Gasteiger partial charge in [0.15, 0.2) is 11.5 Å². The molecule has 0 bridgehead atoms. The van der Waals surface area contributed by atoms with Gasteiger partial charge in [0.05, 0.1) is 32.5 Å².